The molecular formula is C32H64N12O6. The summed E-state index contributed by atoms with van der Waals surface area (Å²) in [5.41, 5.74) is 5.00. The van der Waals surface area contributed by atoms with E-state index in [0.717, 1.165) is 96.8 Å². The minimum absolute atomic E-state index is 0.0463. The molecule has 7 fully saturated rings. The van der Waals surface area contributed by atoms with E-state index in [0.29, 0.717) is 6.04 Å². The zero-order valence-electron chi connectivity index (χ0n) is 29.7. The third kappa shape index (κ3) is 21.4. The molecule has 0 unspecified atom stereocenters. The first-order valence-electron chi connectivity index (χ1n) is 18.5. The van der Waals surface area contributed by atoms with Gasteiger partial charge in [-0.05, 0) is 123 Å². The van der Waals surface area contributed by atoms with E-state index in [4.69, 9.17) is 20.7 Å². The monoisotopic (exact) mass is 713 g/mol. The van der Waals surface area contributed by atoms with E-state index < -0.39 is 11.9 Å². The van der Waals surface area contributed by atoms with Gasteiger partial charge in [0.05, 0.1) is 25.3 Å². The van der Waals surface area contributed by atoms with E-state index in [-0.39, 0.29) is 24.0 Å². The van der Waals surface area contributed by atoms with Crippen molar-refractivity contribution in [2.45, 2.75) is 101 Å². The Kier molecular flexibility index (Phi) is 25.0. The number of aromatic amines is 1. The van der Waals surface area contributed by atoms with Crippen molar-refractivity contribution >= 4 is 17.8 Å². The van der Waals surface area contributed by atoms with E-state index >= 15 is 0 Å². The lowest BCUT2D eigenvalue weighted by atomic mass is 10.1. The number of aromatic nitrogens is 4. The van der Waals surface area contributed by atoms with Crippen LogP contribution in [0.2, 0.25) is 0 Å². The number of carboxylic acid groups (broad SMARTS) is 2. The van der Waals surface area contributed by atoms with Gasteiger partial charge in [0.25, 0.3) is 0 Å². The third-order valence-corrected chi connectivity index (χ3v) is 8.63. The molecule has 7 saturated heterocycles. The molecule has 8 rings (SSSR count). The Balaban J connectivity index is 0.000000204. The maximum absolute atomic E-state index is 10.4. The minimum atomic E-state index is -0.730. The maximum atomic E-state index is 10.4. The average molecular weight is 713 g/mol. The lowest BCUT2D eigenvalue weighted by molar-refractivity contribution is -0.141. The molecule has 0 saturated carbocycles. The van der Waals surface area contributed by atoms with Gasteiger partial charge in [-0.3, -0.25) is 14.4 Å². The molecule has 18 heteroatoms. The number of nitrogens with zero attached hydrogens (tertiary/aromatic N) is 3. The summed E-state index contributed by atoms with van der Waals surface area (Å²) in [6.07, 6.45) is 13.9. The quantitative estimate of drug-likeness (QED) is 0.176. The van der Waals surface area contributed by atoms with E-state index in [2.05, 4.69) is 57.8 Å². The summed E-state index contributed by atoms with van der Waals surface area (Å²) in [6.45, 7) is 12.6. The second-order valence-electron chi connectivity index (χ2n) is 12.7. The van der Waals surface area contributed by atoms with Gasteiger partial charge in [-0.2, -0.15) is 5.21 Å². The molecule has 0 spiro atoms. The van der Waals surface area contributed by atoms with Crippen molar-refractivity contribution < 1.29 is 29.3 Å². The van der Waals surface area contributed by atoms with Gasteiger partial charge in [0, 0.05) is 13.1 Å². The van der Waals surface area contributed by atoms with Crippen LogP contribution < -0.4 is 43.0 Å². The normalized spacial score (nSPS) is 26.3. The molecule has 1 aromatic heterocycles. The number of primary amides is 1. The summed E-state index contributed by atoms with van der Waals surface area (Å²) < 4.78 is 5.01. The number of tetrazole rings is 1. The van der Waals surface area contributed by atoms with E-state index in [1.807, 2.05) is 0 Å². The Labute approximate surface area is 296 Å². The van der Waals surface area contributed by atoms with Crippen LogP contribution in [0.3, 0.4) is 0 Å². The number of nitrogens with one attached hydrogen (secondary N) is 8. The third-order valence-electron chi connectivity index (χ3n) is 8.63. The van der Waals surface area contributed by atoms with Gasteiger partial charge in [-0.1, -0.05) is 11.6 Å². The highest BCUT2D eigenvalue weighted by Gasteiger charge is 2.23. The summed E-state index contributed by atoms with van der Waals surface area (Å²) in [5, 5.41) is 51.7. The first kappa shape index (κ1) is 43.3. The standard InChI is InChI=1S/C5H9N5.C5H10N2O.C5H9NO2.C5H11N.C4H7NO2.C4H9NO.C4H9N/c1-2-4(6-3-1)5-7-9-10-8-5;6-5(8)4-2-1-3-7-4;7-5(8)4-2-1-3-6-4;1-2-4-6-5-3-1;6-4(7)3-1-2-5-3;1-3-6-4-2-5-1;1-2-4-5-3-1/h4,6H,1-3H2,(H,7,8,9,10);4,7H,1-3H2,(H2,6,8);4,6H,1-3H2,(H,7,8);6H,1-5H2;3,5H,1-2H2,(H,6,7);5H,1-4H2;5H,1-4H2/t3*4-;;3-;;/m000.0../s1. The maximum Gasteiger partial charge on any atom is 0.320 e. The molecule has 8 heterocycles. The van der Waals surface area contributed by atoms with Crippen LogP contribution in [0.25, 0.3) is 0 Å². The number of hydrogen-bond donors (Lipinski definition) is 11. The number of carbonyl (C=O) groups excluding carboxylic acids is 1. The molecule has 0 radical (unpaired) electrons. The number of rotatable bonds is 4. The van der Waals surface area contributed by atoms with Crippen LogP contribution in [0, 0.1) is 0 Å². The lowest BCUT2D eigenvalue weighted by Gasteiger charge is -2.22. The number of ether oxygens (including phenoxy) is 1. The summed E-state index contributed by atoms with van der Waals surface area (Å²) in [5.74, 6) is -0.881. The van der Waals surface area contributed by atoms with Gasteiger partial charge in [-0.15, -0.1) is 10.2 Å². The van der Waals surface area contributed by atoms with Gasteiger partial charge >= 0.3 is 11.9 Å². The SMILES string of the molecule is C1CCNC1.C1CCNCC1.C1CN[C@H](c2nn[nH]n2)C1.C1COCCN1.NC(=O)[C@@H]1CCCN1.O=C(O)[C@@H]1CCCN1.O=C(O)[C@@H]1CCN1. The Morgan fingerprint density at radius 2 is 1.06 bits per heavy atom. The van der Waals surface area contributed by atoms with Crippen molar-refractivity contribution in [3.05, 3.63) is 5.82 Å². The molecule has 0 bridgehead atoms. The van der Waals surface area contributed by atoms with Gasteiger partial charge < -0.3 is 57.9 Å². The molecule has 12 N–H and O–H groups in total. The predicted molar refractivity (Wildman–Crippen MR) is 190 cm³/mol. The molecule has 288 valence electrons. The van der Waals surface area contributed by atoms with E-state index in [1.165, 1.54) is 64.7 Å². The van der Waals surface area contributed by atoms with Crippen LogP contribution in [0.15, 0.2) is 0 Å². The molecule has 0 aromatic carbocycles. The van der Waals surface area contributed by atoms with Crippen LogP contribution >= 0.6 is 0 Å². The number of hydrogen-bond acceptors (Lipinski definition) is 14. The Hall–Kier alpha value is -2.84. The molecule has 18 nitrogen and oxygen atoms in total. The van der Waals surface area contributed by atoms with Gasteiger partial charge in [-0.25, -0.2) is 0 Å². The highest BCUT2D eigenvalue weighted by Crippen LogP contribution is 2.17. The van der Waals surface area contributed by atoms with Crippen molar-refractivity contribution in [2.75, 3.05) is 78.7 Å². The molecular weight excluding hydrogens is 648 g/mol. The molecule has 0 aliphatic carbocycles. The van der Waals surface area contributed by atoms with Crippen LogP contribution in [0.5, 0.6) is 0 Å². The van der Waals surface area contributed by atoms with Crippen LogP contribution in [-0.4, -0.2) is 145 Å². The Morgan fingerprint density at radius 1 is 0.580 bits per heavy atom. The fourth-order valence-electron chi connectivity index (χ4n) is 5.49. The summed E-state index contributed by atoms with van der Waals surface area (Å²) >= 11 is 0. The zero-order valence-corrected chi connectivity index (χ0v) is 29.7. The van der Waals surface area contributed by atoms with Crippen molar-refractivity contribution in [2.24, 2.45) is 5.73 Å². The van der Waals surface area contributed by atoms with Crippen LogP contribution in [-0.2, 0) is 19.1 Å². The summed E-state index contributed by atoms with van der Waals surface area (Å²) in [7, 11) is 0. The van der Waals surface area contributed by atoms with Crippen molar-refractivity contribution in [1.29, 1.82) is 0 Å². The topological polar surface area (TPSA) is 266 Å². The molecule has 4 atom stereocenters. The van der Waals surface area contributed by atoms with Gasteiger partial charge in [0.15, 0.2) is 5.82 Å². The summed E-state index contributed by atoms with van der Waals surface area (Å²) in [4.78, 5) is 30.4. The zero-order chi connectivity index (χ0) is 36.1. The number of carbonyl (C=O) groups is 3. The van der Waals surface area contributed by atoms with Crippen molar-refractivity contribution in [3.8, 4) is 0 Å². The predicted octanol–water partition coefficient (Wildman–Crippen LogP) is -1.16. The molecule has 7 aliphatic heterocycles. The number of nitrogens with two attached hydrogens (primary N) is 1. The van der Waals surface area contributed by atoms with E-state index in [1.54, 1.807) is 0 Å². The molecule has 1 aromatic rings. The first-order valence-corrected chi connectivity index (χ1v) is 18.5. The number of piperidine rings is 1. The highest BCUT2D eigenvalue weighted by atomic mass is 16.5. The highest BCUT2D eigenvalue weighted by molar-refractivity contribution is 5.80. The lowest BCUT2D eigenvalue weighted by Crippen LogP contribution is -2.48. The first-order chi connectivity index (χ1) is 24.4. The van der Waals surface area contributed by atoms with Crippen molar-refractivity contribution in [3.63, 3.8) is 0 Å². The fourth-order valence-corrected chi connectivity index (χ4v) is 5.49. The minimum Gasteiger partial charge on any atom is -0.480 e. The fraction of sp³-hybridized carbons (Fsp3) is 0.875. The molecule has 1 amide bonds. The molecule has 7 aliphatic rings. The number of morpholine rings is 1. The van der Waals surface area contributed by atoms with E-state index in [9.17, 15) is 14.4 Å². The Morgan fingerprint density at radius 3 is 1.30 bits per heavy atom. The van der Waals surface area contributed by atoms with Crippen LogP contribution in [0.4, 0.5) is 0 Å². The average Bonchev–Trinajstić information content (AvgIpc) is 3.98. The number of H-pyrrole nitrogens is 1. The van der Waals surface area contributed by atoms with Gasteiger partial charge in [0.2, 0.25) is 5.91 Å². The van der Waals surface area contributed by atoms with Crippen molar-refractivity contribution in [1.82, 2.24) is 57.8 Å². The number of amides is 1. The Bertz CT molecular complexity index is 906. The number of aliphatic carboxylic acids is 2. The number of carboxylic acids is 2. The van der Waals surface area contributed by atoms with Crippen LogP contribution in [0.1, 0.15) is 88.9 Å². The summed E-state index contributed by atoms with van der Waals surface area (Å²) in [6, 6.07) is -0.233. The smallest absolute Gasteiger partial charge is 0.320 e. The largest absolute Gasteiger partial charge is 0.480 e. The molecule has 50 heavy (non-hydrogen) atoms. The second-order valence-corrected chi connectivity index (χ2v) is 12.7. The second kappa shape index (κ2) is 28.8. The van der Waals surface area contributed by atoms with Gasteiger partial charge in [0.1, 0.15) is 12.1 Å².